The average molecular weight is 399 g/mol. The topological polar surface area (TPSA) is 0 Å². The van der Waals surface area contributed by atoms with E-state index in [0.29, 0.717) is 0 Å². The Morgan fingerprint density at radius 1 is 0.731 bits per heavy atom. The summed E-state index contributed by atoms with van der Waals surface area (Å²) in [6.45, 7) is 0. The Morgan fingerprint density at radius 2 is 1.38 bits per heavy atom. The minimum absolute atomic E-state index is 0.207. The third-order valence-corrected chi connectivity index (χ3v) is 6.38. The first kappa shape index (κ1) is 15.8. The lowest BCUT2D eigenvalue weighted by atomic mass is 9.65. The fraction of sp³-hybridized carbons (Fsp3) is 0.120. The van der Waals surface area contributed by atoms with Crippen LogP contribution in [0.25, 0.3) is 5.57 Å². The lowest BCUT2D eigenvalue weighted by Crippen LogP contribution is -2.30. The van der Waals surface area contributed by atoms with Crippen LogP contribution >= 0.6 is 15.9 Å². The maximum Gasteiger partial charge on any atom is 0.0676 e. The Kier molecular flexibility index (Phi) is 3.72. The lowest BCUT2D eigenvalue weighted by molar-refractivity contribution is 0.696. The number of benzene rings is 3. The first-order valence-corrected chi connectivity index (χ1v) is 9.93. The van der Waals surface area contributed by atoms with Crippen LogP contribution in [0.5, 0.6) is 0 Å². The smallest absolute Gasteiger partial charge is 0.0676 e. The summed E-state index contributed by atoms with van der Waals surface area (Å²) in [4.78, 5) is 0. The maximum atomic E-state index is 3.84. The van der Waals surface area contributed by atoms with E-state index in [1.165, 1.54) is 37.9 Å². The van der Waals surface area contributed by atoms with Crippen molar-refractivity contribution in [1.29, 1.82) is 0 Å². The molecule has 26 heavy (non-hydrogen) atoms. The summed E-state index contributed by atoms with van der Waals surface area (Å²) in [6.07, 6.45) is 6.84. The van der Waals surface area contributed by atoms with Crippen LogP contribution in [0.4, 0.5) is 0 Å². The maximum absolute atomic E-state index is 3.84. The molecule has 1 heteroatoms. The largest absolute Gasteiger partial charge is 0.0836 e. The van der Waals surface area contributed by atoms with Gasteiger partial charge in [-0.05, 0) is 46.7 Å². The summed E-state index contributed by atoms with van der Waals surface area (Å²) in [7, 11) is 0. The van der Waals surface area contributed by atoms with E-state index < -0.39 is 0 Å². The molecule has 0 fully saturated rings. The molecule has 0 nitrogen and oxygen atoms in total. The standard InChI is InChI=1S/C25H19Br/c26-23-17-9-16-22-24(23)20-14-7-8-15-21(20)25(22,18-10-3-1-4-11-18)19-12-5-2-6-13-19/h1-7,9-14,16-17H,8,15H2. The molecule has 0 atom stereocenters. The fourth-order valence-electron chi connectivity index (χ4n) is 4.76. The van der Waals surface area contributed by atoms with E-state index >= 15 is 0 Å². The highest BCUT2D eigenvalue weighted by atomic mass is 79.9. The second-order valence-electron chi connectivity index (χ2n) is 6.98. The van der Waals surface area contributed by atoms with Crippen LogP contribution in [0.3, 0.4) is 0 Å². The molecule has 3 aromatic carbocycles. The Morgan fingerprint density at radius 3 is 2.04 bits per heavy atom. The van der Waals surface area contributed by atoms with E-state index in [9.17, 15) is 0 Å². The summed E-state index contributed by atoms with van der Waals surface area (Å²) in [5, 5.41) is 0. The van der Waals surface area contributed by atoms with Gasteiger partial charge in [-0.15, -0.1) is 0 Å². The van der Waals surface area contributed by atoms with Crippen molar-refractivity contribution in [1.82, 2.24) is 0 Å². The summed E-state index contributed by atoms with van der Waals surface area (Å²) in [6, 6.07) is 28.6. The van der Waals surface area contributed by atoms with E-state index in [4.69, 9.17) is 0 Å². The molecule has 0 N–H and O–H groups in total. The molecule has 0 aliphatic heterocycles. The van der Waals surface area contributed by atoms with Crippen LogP contribution in [-0.4, -0.2) is 0 Å². The molecule has 0 unspecified atom stereocenters. The van der Waals surface area contributed by atoms with Crippen molar-refractivity contribution in [3.8, 4) is 0 Å². The predicted molar refractivity (Wildman–Crippen MR) is 112 cm³/mol. The number of hydrogen-bond donors (Lipinski definition) is 0. The van der Waals surface area contributed by atoms with Crippen LogP contribution in [0.15, 0.2) is 101 Å². The number of halogens is 1. The van der Waals surface area contributed by atoms with Gasteiger partial charge in [-0.25, -0.2) is 0 Å². The minimum Gasteiger partial charge on any atom is -0.0836 e. The number of allylic oxidation sites excluding steroid dienone is 4. The molecule has 0 heterocycles. The van der Waals surface area contributed by atoms with Gasteiger partial charge in [0, 0.05) is 10.0 Å². The minimum atomic E-state index is -0.207. The van der Waals surface area contributed by atoms with Gasteiger partial charge in [0.05, 0.1) is 5.41 Å². The van der Waals surface area contributed by atoms with Gasteiger partial charge in [-0.3, -0.25) is 0 Å². The Labute approximate surface area is 163 Å². The van der Waals surface area contributed by atoms with E-state index in [1.54, 1.807) is 0 Å². The molecule has 3 aromatic rings. The highest BCUT2D eigenvalue weighted by molar-refractivity contribution is 9.10. The van der Waals surface area contributed by atoms with Crippen LogP contribution in [0, 0.1) is 0 Å². The van der Waals surface area contributed by atoms with Crippen molar-refractivity contribution >= 4 is 21.5 Å². The summed E-state index contributed by atoms with van der Waals surface area (Å²) < 4.78 is 1.18. The van der Waals surface area contributed by atoms with Crippen molar-refractivity contribution < 1.29 is 0 Å². The Hall–Kier alpha value is -2.38. The molecule has 0 saturated carbocycles. The quantitative estimate of drug-likeness (QED) is 0.440. The highest BCUT2D eigenvalue weighted by Gasteiger charge is 2.47. The molecule has 0 amide bonds. The molecule has 2 aliphatic carbocycles. The number of hydrogen-bond acceptors (Lipinski definition) is 0. The Bertz CT molecular complexity index is 987. The van der Waals surface area contributed by atoms with Crippen molar-refractivity contribution in [3.05, 3.63) is 123 Å². The van der Waals surface area contributed by atoms with Crippen LogP contribution in [0.1, 0.15) is 35.1 Å². The van der Waals surface area contributed by atoms with Crippen molar-refractivity contribution in [2.45, 2.75) is 18.3 Å². The summed E-state index contributed by atoms with van der Waals surface area (Å²) in [5.41, 5.74) is 8.16. The van der Waals surface area contributed by atoms with Crippen molar-refractivity contribution in [2.24, 2.45) is 0 Å². The number of rotatable bonds is 2. The molecule has 126 valence electrons. The molecular formula is C25H19Br. The average Bonchev–Trinajstić information content (AvgIpc) is 3.02. The van der Waals surface area contributed by atoms with Crippen LogP contribution < -0.4 is 0 Å². The molecule has 0 bridgehead atoms. The zero-order valence-electron chi connectivity index (χ0n) is 14.5. The second-order valence-corrected chi connectivity index (χ2v) is 7.83. The fourth-order valence-corrected chi connectivity index (χ4v) is 5.34. The third kappa shape index (κ3) is 2.07. The molecular weight excluding hydrogens is 380 g/mol. The lowest BCUT2D eigenvalue weighted by Gasteiger charge is -2.36. The van der Waals surface area contributed by atoms with E-state index in [2.05, 4.69) is 107 Å². The summed E-state index contributed by atoms with van der Waals surface area (Å²) in [5.74, 6) is 0. The van der Waals surface area contributed by atoms with Gasteiger partial charge in [0.25, 0.3) is 0 Å². The predicted octanol–water partition coefficient (Wildman–Crippen LogP) is 6.90. The van der Waals surface area contributed by atoms with Gasteiger partial charge >= 0.3 is 0 Å². The molecule has 2 aliphatic rings. The van der Waals surface area contributed by atoms with E-state index in [1.807, 2.05) is 0 Å². The van der Waals surface area contributed by atoms with E-state index in [-0.39, 0.29) is 5.41 Å². The third-order valence-electron chi connectivity index (χ3n) is 5.72. The molecule has 0 saturated heterocycles. The first-order chi connectivity index (χ1) is 12.8. The zero-order valence-corrected chi connectivity index (χ0v) is 16.0. The van der Waals surface area contributed by atoms with Gasteiger partial charge in [0.2, 0.25) is 0 Å². The molecule has 5 rings (SSSR count). The van der Waals surface area contributed by atoms with E-state index in [0.717, 1.165) is 12.8 Å². The zero-order chi connectivity index (χ0) is 17.6. The first-order valence-electron chi connectivity index (χ1n) is 9.14. The molecule has 0 radical (unpaired) electrons. The molecule has 0 spiro atoms. The van der Waals surface area contributed by atoms with Crippen LogP contribution in [-0.2, 0) is 5.41 Å². The highest BCUT2D eigenvalue weighted by Crippen LogP contribution is 2.58. The normalized spacial score (nSPS) is 17.1. The van der Waals surface area contributed by atoms with Crippen LogP contribution in [0.2, 0.25) is 0 Å². The molecule has 0 aromatic heterocycles. The monoisotopic (exact) mass is 398 g/mol. The Balaban J connectivity index is 1.96. The van der Waals surface area contributed by atoms with Gasteiger partial charge in [-0.1, -0.05) is 101 Å². The van der Waals surface area contributed by atoms with Gasteiger partial charge in [-0.2, -0.15) is 0 Å². The number of fused-ring (bicyclic) bond motifs is 2. The van der Waals surface area contributed by atoms with Crippen molar-refractivity contribution in [2.75, 3.05) is 0 Å². The summed E-state index contributed by atoms with van der Waals surface area (Å²) >= 11 is 3.84. The van der Waals surface area contributed by atoms with Gasteiger partial charge < -0.3 is 0 Å². The van der Waals surface area contributed by atoms with Gasteiger partial charge in [0.15, 0.2) is 0 Å². The van der Waals surface area contributed by atoms with Crippen molar-refractivity contribution in [3.63, 3.8) is 0 Å². The second kappa shape index (κ2) is 6.10. The van der Waals surface area contributed by atoms with Gasteiger partial charge in [0.1, 0.15) is 0 Å². The SMILES string of the molecule is Brc1cccc2c1C1=C(CCC=C1)C2(c1ccccc1)c1ccccc1.